The Morgan fingerprint density at radius 3 is 2.72 bits per heavy atom. The lowest BCUT2D eigenvalue weighted by Crippen LogP contribution is -2.43. The van der Waals surface area contributed by atoms with Crippen LogP contribution in [0.1, 0.15) is 30.6 Å². The Balaban J connectivity index is 2.09. The summed E-state index contributed by atoms with van der Waals surface area (Å²) < 4.78 is 0. The van der Waals surface area contributed by atoms with E-state index in [-0.39, 0.29) is 5.91 Å². The molecule has 0 spiro atoms. The Bertz CT molecular complexity index is 389. The van der Waals surface area contributed by atoms with Crippen LogP contribution in [-0.4, -0.2) is 36.5 Å². The average molecular weight is 246 g/mol. The van der Waals surface area contributed by atoms with Gasteiger partial charge in [-0.1, -0.05) is 32.0 Å². The zero-order valence-corrected chi connectivity index (χ0v) is 11.2. The van der Waals surface area contributed by atoms with E-state index in [2.05, 4.69) is 19.2 Å². The van der Waals surface area contributed by atoms with E-state index >= 15 is 0 Å². The summed E-state index contributed by atoms with van der Waals surface area (Å²) in [5.74, 6) is 0.708. The third kappa shape index (κ3) is 3.10. The van der Waals surface area contributed by atoms with Crippen LogP contribution in [0.15, 0.2) is 30.3 Å². The highest BCUT2D eigenvalue weighted by molar-refractivity contribution is 5.94. The Kier molecular flexibility index (Phi) is 4.37. The van der Waals surface area contributed by atoms with Crippen molar-refractivity contribution in [2.24, 2.45) is 5.92 Å². The summed E-state index contributed by atoms with van der Waals surface area (Å²) in [4.78, 5) is 14.4. The van der Waals surface area contributed by atoms with Crippen molar-refractivity contribution in [2.45, 2.75) is 26.3 Å². The highest BCUT2D eigenvalue weighted by Crippen LogP contribution is 2.12. The Morgan fingerprint density at radius 1 is 1.33 bits per heavy atom. The molecule has 1 heterocycles. The Hall–Kier alpha value is -1.35. The van der Waals surface area contributed by atoms with Crippen molar-refractivity contribution in [3.05, 3.63) is 35.9 Å². The maximum absolute atomic E-state index is 12.4. The molecule has 3 nitrogen and oxygen atoms in total. The smallest absolute Gasteiger partial charge is 0.253 e. The fourth-order valence-corrected chi connectivity index (χ4v) is 2.34. The lowest BCUT2D eigenvalue weighted by molar-refractivity contribution is 0.0745. The topological polar surface area (TPSA) is 32.3 Å². The summed E-state index contributed by atoms with van der Waals surface area (Å²) in [6, 6.07) is 9.97. The van der Waals surface area contributed by atoms with Crippen LogP contribution in [0.3, 0.4) is 0 Å². The second-order valence-corrected chi connectivity index (χ2v) is 5.28. The van der Waals surface area contributed by atoms with Gasteiger partial charge in [-0.3, -0.25) is 4.79 Å². The molecule has 98 valence electrons. The van der Waals surface area contributed by atoms with Gasteiger partial charge in [-0.05, 0) is 31.0 Å². The van der Waals surface area contributed by atoms with E-state index in [9.17, 15) is 4.79 Å². The molecule has 1 fully saturated rings. The molecule has 1 amide bonds. The van der Waals surface area contributed by atoms with Crippen LogP contribution in [0.25, 0.3) is 0 Å². The first-order valence-electron chi connectivity index (χ1n) is 6.76. The normalized spacial score (nSPS) is 20.8. The van der Waals surface area contributed by atoms with Crippen LogP contribution in [0.2, 0.25) is 0 Å². The highest BCUT2D eigenvalue weighted by atomic mass is 16.2. The zero-order chi connectivity index (χ0) is 13.0. The number of carbonyl (C=O) groups excluding carboxylic acids is 1. The van der Waals surface area contributed by atoms with Crippen molar-refractivity contribution in [1.29, 1.82) is 0 Å². The number of hydrogen-bond donors (Lipinski definition) is 1. The Morgan fingerprint density at radius 2 is 2.06 bits per heavy atom. The maximum Gasteiger partial charge on any atom is 0.253 e. The minimum absolute atomic E-state index is 0.157. The number of benzene rings is 1. The first kappa shape index (κ1) is 13.1. The SMILES string of the molecule is CC(C)C1CN(C(=O)c2ccccc2)CCCN1. The van der Waals surface area contributed by atoms with Crippen LogP contribution in [0.4, 0.5) is 0 Å². The fraction of sp³-hybridized carbons (Fsp3) is 0.533. The number of hydrogen-bond acceptors (Lipinski definition) is 2. The van der Waals surface area contributed by atoms with Gasteiger partial charge in [0.15, 0.2) is 0 Å². The largest absolute Gasteiger partial charge is 0.337 e. The molecule has 0 aromatic heterocycles. The number of nitrogens with one attached hydrogen (secondary N) is 1. The van der Waals surface area contributed by atoms with E-state index in [0.717, 1.165) is 31.6 Å². The molecule has 0 radical (unpaired) electrons. The molecule has 1 aliphatic heterocycles. The standard InChI is InChI=1S/C15H22N2O/c1-12(2)14-11-17(10-6-9-16-14)15(18)13-7-4-3-5-8-13/h3-5,7-8,12,14,16H,6,9-11H2,1-2H3. The van der Waals surface area contributed by atoms with Crippen LogP contribution in [0, 0.1) is 5.92 Å². The summed E-state index contributed by atoms with van der Waals surface area (Å²) in [6.45, 7) is 7.07. The van der Waals surface area contributed by atoms with Gasteiger partial charge in [0.05, 0.1) is 0 Å². The third-order valence-corrected chi connectivity index (χ3v) is 3.54. The van der Waals surface area contributed by atoms with Crippen molar-refractivity contribution >= 4 is 5.91 Å². The molecule has 1 aliphatic rings. The monoisotopic (exact) mass is 246 g/mol. The van der Waals surface area contributed by atoms with E-state index in [0.29, 0.717) is 12.0 Å². The molecule has 1 unspecified atom stereocenters. The lowest BCUT2D eigenvalue weighted by atomic mass is 10.0. The van der Waals surface area contributed by atoms with Crippen molar-refractivity contribution < 1.29 is 4.79 Å². The van der Waals surface area contributed by atoms with Crippen molar-refractivity contribution in [3.8, 4) is 0 Å². The number of rotatable bonds is 2. The summed E-state index contributed by atoms with van der Waals surface area (Å²) in [5.41, 5.74) is 0.793. The summed E-state index contributed by atoms with van der Waals surface area (Å²) in [5, 5.41) is 3.52. The van der Waals surface area contributed by atoms with E-state index < -0.39 is 0 Å². The predicted molar refractivity (Wildman–Crippen MR) is 73.6 cm³/mol. The van der Waals surface area contributed by atoms with Gasteiger partial charge in [-0.2, -0.15) is 0 Å². The predicted octanol–water partition coefficient (Wildman–Crippen LogP) is 2.15. The zero-order valence-electron chi connectivity index (χ0n) is 11.2. The first-order valence-corrected chi connectivity index (χ1v) is 6.76. The van der Waals surface area contributed by atoms with Crippen molar-refractivity contribution in [1.82, 2.24) is 10.2 Å². The van der Waals surface area contributed by atoms with Gasteiger partial charge in [0.1, 0.15) is 0 Å². The molecule has 0 saturated carbocycles. The fourth-order valence-electron chi connectivity index (χ4n) is 2.34. The Labute approximate surface area is 109 Å². The van der Waals surface area contributed by atoms with E-state index in [1.807, 2.05) is 35.2 Å². The van der Waals surface area contributed by atoms with Gasteiger partial charge < -0.3 is 10.2 Å². The highest BCUT2D eigenvalue weighted by Gasteiger charge is 2.24. The van der Waals surface area contributed by atoms with Gasteiger partial charge in [-0.25, -0.2) is 0 Å². The van der Waals surface area contributed by atoms with Gasteiger partial charge in [-0.15, -0.1) is 0 Å². The average Bonchev–Trinajstić information content (AvgIpc) is 2.65. The molecule has 2 rings (SSSR count). The molecule has 0 bridgehead atoms. The first-order chi connectivity index (χ1) is 8.68. The van der Waals surface area contributed by atoms with Crippen LogP contribution in [0.5, 0.6) is 0 Å². The molecule has 1 saturated heterocycles. The molecule has 1 aromatic carbocycles. The molecule has 1 atom stereocenters. The maximum atomic E-state index is 12.4. The van der Waals surface area contributed by atoms with Crippen LogP contribution < -0.4 is 5.32 Å². The van der Waals surface area contributed by atoms with Gasteiger partial charge in [0.25, 0.3) is 5.91 Å². The second kappa shape index (κ2) is 6.01. The lowest BCUT2D eigenvalue weighted by Gasteiger charge is -2.27. The summed E-state index contributed by atoms with van der Waals surface area (Å²) >= 11 is 0. The minimum Gasteiger partial charge on any atom is -0.337 e. The van der Waals surface area contributed by atoms with Gasteiger partial charge in [0.2, 0.25) is 0 Å². The minimum atomic E-state index is 0.157. The molecule has 0 aliphatic carbocycles. The van der Waals surface area contributed by atoms with E-state index in [1.54, 1.807) is 0 Å². The van der Waals surface area contributed by atoms with Gasteiger partial charge >= 0.3 is 0 Å². The van der Waals surface area contributed by atoms with Gasteiger partial charge in [0, 0.05) is 24.7 Å². The summed E-state index contributed by atoms with van der Waals surface area (Å²) in [7, 11) is 0. The van der Waals surface area contributed by atoms with E-state index in [1.165, 1.54) is 0 Å². The second-order valence-electron chi connectivity index (χ2n) is 5.28. The molecular weight excluding hydrogens is 224 g/mol. The van der Waals surface area contributed by atoms with E-state index in [4.69, 9.17) is 0 Å². The molecule has 1 N–H and O–H groups in total. The van der Waals surface area contributed by atoms with Crippen LogP contribution in [-0.2, 0) is 0 Å². The third-order valence-electron chi connectivity index (χ3n) is 3.54. The number of nitrogens with zero attached hydrogens (tertiary/aromatic N) is 1. The molecular formula is C15H22N2O. The van der Waals surface area contributed by atoms with Crippen molar-refractivity contribution in [2.75, 3.05) is 19.6 Å². The number of amides is 1. The van der Waals surface area contributed by atoms with Crippen LogP contribution >= 0.6 is 0 Å². The quantitative estimate of drug-likeness (QED) is 0.867. The summed E-state index contributed by atoms with van der Waals surface area (Å²) in [6.07, 6.45) is 1.03. The molecule has 18 heavy (non-hydrogen) atoms. The van der Waals surface area contributed by atoms with Crippen molar-refractivity contribution in [3.63, 3.8) is 0 Å². The number of carbonyl (C=O) groups is 1. The molecule has 3 heteroatoms. The molecule has 1 aromatic rings.